The van der Waals surface area contributed by atoms with Gasteiger partial charge in [-0.25, -0.2) is 8.78 Å². The minimum absolute atomic E-state index is 0.0795. The van der Waals surface area contributed by atoms with Crippen LogP contribution in [0.3, 0.4) is 0 Å². The SMILES string of the molecule is CCOC(=O)CCCCN1CCC(OC(c2ccc(F)cc2)c2ccc(F)cc2)CC1. The summed E-state index contributed by atoms with van der Waals surface area (Å²) in [5.41, 5.74) is 1.71. The highest BCUT2D eigenvalue weighted by atomic mass is 19.1. The second-order valence-electron chi connectivity index (χ2n) is 7.92. The van der Waals surface area contributed by atoms with Crippen molar-refractivity contribution >= 4 is 5.97 Å². The van der Waals surface area contributed by atoms with Gasteiger partial charge in [0.1, 0.15) is 17.7 Å². The molecule has 0 aliphatic carbocycles. The summed E-state index contributed by atoms with van der Waals surface area (Å²) in [7, 11) is 0. The van der Waals surface area contributed by atoms with Gasteiger partial charge in [0.25, 0.3) is 0 Å². The minimum Gasteiger partial charge on any atom is -0.466 e. The van der Waals surface area contributed by atoms with E-state index >= 15 is 0 Å². The molecule has 31 heavy (non-hydrogen) atoms. The highest BCUT2D eigenvalue weighted by Gasteiger charge is 2.25. The lowest BCUT2D eigenvalue weighted by molar-refractivity contribution is -0.143. The molecular weight excluding hydrogens is 400 g/mol. The summed E-state index contributed by atoms with van der Waals surface area (Å²) in [6, 6.07) is 12.6. The summed E-state index contributed by atoms with van der Waals surface area (Å²) in [6.45, 7) is 5.09. The van der Waals surface area contributed by atoms with E-state index in [9.17, 15) is 13.6 Å². The average Bonchev–Trinajstić information content (AvgIpc) is 2.78. The molecule has 1 aliphatic rings. The van der Waals surface area contributed by atoms with E-state index < -0.39 is 0 Å². The maximum Gasteiger partial charge on any atom is 0.305 e. The highest BCUT2D eigenvalue weighted by Crippen LogP contribution is 2.30. The molecule has 0 bridgehead atoms. The molecule has 4 nitrogen and oxygen atoms in total. The van der Waals surface area contributed by atoms with Crippen LogP contribution in [-0.2, 0) is 14.3 Å². The molecule has 1 saturated heterocycles. The second kappa shape index (κ2) is 11.9. The zero-order chi connectivity index (χ0) is 22.1. The Balaban J connectivity index is 1.51. The molecule has 0 atom stereocenters. The Hall–Kier alpha value is -2.31. The van der Waals surface area contributed by atoms with Crippen LogP contribution in [0.2, 0.25) is 0 Å². The van der Waals surface area contributed by atoms with Crippen LogP contribution >= 0.6 is 0 Å². The van der Waals surface area contributed by atoms with Crippen LogP contribution in [0.25, 0.3) is 0 Å². The molecule has 0 amide bonds. The van der Waals surface area contributed by atoms with E-state index in [0.29, 0.717) is 13.0 Å². The van der Waals surface area contributed by atoms with Gasteiger partial charge in [-0.2, -0.15) is 0 Å². The maximum atomic E-state index is 13.4. The van der Waals surface area contributed by atoms with Crippen LogP contribution < -0.4 is 0 Å². The van der Waals surface area contributed by atoms with Crippen molar-refractivity contribution in [3.8, 4) is 0 Å². The number of rotatable bonds is 10. The molecule has 0 N–H and O–H groups in total. The molecule has 0 aromatic heterocycles. The van der Waals surface area contributed by atoms with Gasteiger partial charge in [-0.3, -0.25) is 4.79 Å². The number of carbonyl (C=O) groups is 1. The molecule has 6 heteroatoms. The van der Waals surface area contributed by atoms with Gasteiger partial charge in [-0.15, -0.1) is 0 Å². The molecular formula is C25H31F2NO3. The van der Waals surface area contributed by atoms with E-state index in [1.54, 1.807) is 24.3 Å². The molecule has 0 radical (unpaired) electrons. The van der Waals surface area contributed by atoms with E-state index in [1.165, 1.54) is 24.3 Å². The number of carbonyl (C=O) groups excluding carboxylic acids is 1. The van der Waals surface area contributed by atoms with Crippen LogP contribution in [0.1, 0.15) is 56.3 Å². The van der Waals surface area contributed by atoms with Crippen molar-refractivity contribution in [2.75, 3.05) is 26.2 Å². The number of esters is 1. The molecule has 0 unspecified atom stereocenters. The molecule has 0 spiro atoms. The Kier molecular flexibility index (Phi) is 8.98. The number of benzene rings is 2. The Labute approximate surface area is 183 Å². The first-order valence-electron chi connectivity index (χ1n) is 11.1. The smallest absolute Gasteiger partial charge is 0.305 e. The number of likely N-dealkylation sites (tertiary alicyclic amines) is 1. The van der Waals surface area contributed by atoms with Crippen LogP contribution in [0.4, 0.5) is 8.78 Å². The van der Waals surface area contributed by atoms with Crippen molar-refractivity contribution in [2.24, 2.45) is 0 Å². The third-order valence-corrected chi connectivity index (χ3v) is 5.62. The fourth-order valence-electron chi connectivity index (χ4n) is 3.92. The number of ether oxygens (including phenoxy) is 2. The monoisotopic (exact) mass is 431 g/mol. The number of nitrogens with zero attached hydrogens (tertiary/aromatic N) is 1. The summed E-state index contributed by atoms with van der Waals surface area (Å²) >= 11 is 0. The van der Waals surface area contributed by atoms with Crippen molar-refractivity contribution in [3.63, 3.8) is 0 Å². The molecule has 2 aromatic carbocycles. The van der Waals surface area contributed by atoms with Gasteiger partial charge in [-0.05, 0) is 74.5 Å². The van der Waals surface area contributed by atoms with Crippen LogP contribution in [0, 0.1) is 11.6 Å². The van der Waals surface area contributed by atoms with Crippen LogP contribution in [-0.4, -0.2) is 43.2 Å². The Bertz CT molecular complexity index is 757. The van der Waals surface area contributed by atoms with Crippen LogP contribution in [0.5, 0.6) is 0 Å². The standard InChI is InChI=1S/C25H31F2NO3/c1-2-30-24(29)5-3-4-16-28-17-14-23(15-18-28)31-25(19-6-10-21(26)11-7-19)20-8-12-22(27)13-9-20/h6-13,23,25H,2-5,14-18H2,1H3. The summed E-state index contributed by atoms with van der Waals surface area (Å²) in [5, 5.41) is 0. The Morgan fingerprint density at radius 2 is 1.52 bits per heavy atom. The molecule has 3 rings (SSSR count). The third kappa shape index (κ3) is 7.40. The average molecular weight is 432 g/mol. The highest BCUT2D eigenvalue weighted by molar-refractivity contribution is 5.69. The fourth-order valence-corrected chi connectivity index (χ4v) is 3.92. The first-order valence-corrected chi connectivity index (χ1v) is 11.1. The van der Waals surface area contributed by atoms with E-state index in [4.69, 9.17) is 9.47 Å². The third-order valence-electron chi connectivity index (χ3n) is 5.62. The molecule has 1 fully saturated rings. The lowest BCUT2D eigenvalue weighted by Gasteiger charge is -2.34. The summed E-state index contributed by atoms with van der Waals surface area (Å²) < 4.78 is 38.2. The van der Waals surface area contributed by atoms with E-state index in [-0.39, 0.29) is 29.8 Å². The molecule has 0 saturated carbocycles. The van der Waals surface area contributed by atoms with Gasteiger partial charge in [-0.1, -0.05) is 24.3 Å². The first kappa shape index (κ1) is 23.4. The lowest BCUT2D eigenvalue weighted by Crippen LogP contribution is -2.38. The number of unbranched alkanes of at least 4 members (excludes halogenated alkanes) is 1. The van der Waals surface area contributed by atoms with E-state index in [0.717, 1.165) is 56.4 Å². The number of piperidine rings is 1. The Morgan fingerprint density at radius 1 is 0.968 bits per heavy atom. The molecule has 2 aromatic rings. The topological polar surface area (TPSA) is 38.8 Å². The van der Waals surface area contributed by atoms with Gasteiger partial charge in [0, 0.05) is 19.5 Å². The van der Waals surface area contributed by atoms with Crippen molar-refractivity contribution < 1.29 is 23.0 Å². The number of halogens is 2. The molecule has 168 valence electrons. The zero-order valence-electron chi connectivity index (χ0n) is 18.1. The first-order chi connectivity index (χ1) is 15.0. The summed E-state index contributed by atoms with van der Waals surface area (Å²) in [6.07, 6.45) is 3.81. The van der Waals surface area contributed by atoms with Crippen molar-refractivity contribution in [2.45, 2.75) is 51.2 Å². The Morgan fingerprint density at radius 3 is 2.03 bits per heavy atom. The van der Waals surface area contributed by atoms with E-state index in [1.807, 2.05) is 6.92 Å². The second-order valence-corrected chi connectivity index (χ2v) is 7.92. The van der Waals surface area contributed by atoms with Crippen molar-refractivity contribution in [3.05, 3.63) is 71.3 Å². The lowest BCUT2D eigenvalue weighted by atomic mass is 9.99. The minimum atomic E-state index is -0.359. The summed E-state index contributed by atoms with van der Waals surface area (Å²) in [5.74, 6) is -0.710. The van der Waals surface area contributed by atoms with Gasteiger partial charge < -0.3 is 14.4 Å². The molecule has 1 heterocycles. The maximum absolute atomic E-state index is 13.4. The number of hydrogen-bond donors (Lipinski definition) is 0. The number of hydrogen-bond acceptors (Lipinski definition) is 4. The van der Waals surface area contributed by atoms with Gasteiger partial charge >= 0.3 is 5.97 Å². The normalized spacial score (nSPS) is 15.4. The van der Waals surface area contributed by atoms with E-state index in [2.05, 4.69) is 4.90 Å². The summed E-state index contributed by atoms with van der Waals surface area (Å²) in [4.78, 5) is 13.8. The van der Waals surface area contributed by atoms with Gasteiger partial charge in [0.05, 0.1) is 12.7 Å². The predicted octanol–water partition coefficient (Wildman–Crippen LogP) is 5.27. The largest absolute Gasteiger partial charge is 0.466 e. The van der Waals surface area contributed by atoms with Crippen LogP contribution in [0.15, 0.2) is 48.5 Å². The van der Waals surface area contributed by atoms with Gasteiger partial charge in [0.2, 0.25) is 0 Å². The molecule has 1 aliphatic heterocycles. The fraction of sp³-hybridized carbons (Fsp3) is 0.480. The van der Waals surface area contributed by atoms with Crippen molar-refractivity contribution in [1.29, 1.82) is 0 Å². The zero-order valence-corrected chi connectivity index (χ0v) is 18.1. The van der Waals surface area contributed by atoms with Crippen molar-refractivity contribution in [1.82, 2.24) is 4.90 Å². The van der Waals surface area contributed by atoms with Gasteiger partial charge in [0.15, 0.2) is 0 Å². The quantitative estimate of drug-likeness (QED) is 0.380. The predicted molar refractivity (Wildman–Crippen MR) is 116 cm³/mol.